The van der Waals surface area contributed by atoms with E-state index in [4.69, 9.17) is 10.5 Å². The number of aromatic amines is 1. The summed E-state index contributed by atoms with van der Waals surface area (Å²) < 4.78 is 5.22. The number of fused-ring (bicyclic) bond motifs is 1. The van der Waals surface area contributed by atoms with Crippen LogP contribution in [-0.2, 0) is 4.74 Å². The Morgan fingerprint density at radius 3 is 3.00 bits per heavy atom. The highest BCUT2D eigenvalue weighted by molar-refractivity contribution is 5.93. The third kappa shape index (κ3) is 3.64. The molecule has 126 valence electrons. The monoisotopic (exact) mass is 326 g/mol. The fourth-order valence-corrected chi connectivity index (χ4v) is 2.40. The molecule has 3 rings (SSSR count). The zero-order chi connectivity index (χ0) is 16.9. The lowest BCUT2D eigenvalue weighted by atomic mass is 10.2. The van der Waals surface area contributed by atoms with E-state index in [-0.39, 0.29) is 12.1 Å². The van der Waals surface area contributed by atoms with E-state index in [0.717, 1.165) is 22.4 Å². The van der Waals surface area contributed by atoms with Crippen LogP contribution in [0, 0.1) is 0 Å². The van der Waals surface area contributed by atoms with Crippen molar-refractivity contribution in [2.24, 2.45) is 5.73 Å². The van der Waals surface area contributed by atoms with Gasteiger partial charge in [0.05, 0.1) is 6.10 Å². The van der Waals surface area contributed by atoms with E-state index in [1.165, 1.54) is 0 Å². The highest BCUT2D eigenvalue weighted by Gasteiger charge is 2.12. The quantitative estimate of drug-likeness (QED) is 0.532. The molecular formula is C17H22N6O. The van der Waals surface area contributed by atoms with Crippen molar-refractivity contribution in [2.75, 3.05) is 24.3 Å². The fraction of sp³-hybridized carbons (Fsp3) is 0.294. The Balaban J connectivity index is 1.70. The van der Waals surface area contributed by atoms with Crippen LogP contribution < -0.4 is 16.4 Å². The minimum Gasteiger partial charge on any atom is -0.380 e. The van der Waals surface area contributed by atoms with Crippen LogP contribution in [0.15, 0.2) is 42.7 Å². The number of rotatable bonds is 7. The molecule has 0 aliphatic rings. The van der Waals surface area contributed by atoms with Gasteiger partial charge in [-0.25, -0.2) is 4.98 Å². The standard InChI is InChI=1S/C17H22N6O/c1-11(24-2)13(18)10-21-17-20-9-7-16(23-17)22-15-5-3-4-14-12(15)6-8-19-14/h3-9,11,13,19H,10,18H2,1-2H3,(H2,20,21,22,23)/t11-,13-/m1/s1. The maximum Gasteiger partial charge on any atom is 0.224 e. The maximum absolute atomic E-state index is 6.03. The van der Waals surface area contributed by atoms with Gasteiger partial charge in [0.15, 0.2) is 0 Å². The number of methoxy groups -OCH3 is 1. The van der Waals surface area contributed by atoms with Crippen molar-refractivity contribution in [1.29, 1.82) is 0 Å². The van der Waals surface area contributed by atoms with Gasteiger partial charge in [0.25, 0.3) is 0 Å². The van der Waals surface area contributed by atoms with E-state index < -0.39 is 0 Å². The molecule has 7 heteroatoms. The molecule has 0 aliphatic heterocycles. The summed E-state index contributed by atoms with van der Waals surface area (Å²) in [6.07, 6.45) is 3.59. The van der Waals surface area contributed by atoms with Gasteiger partial charge in [-0.1, -0.05) is 6.07 Å². The highest BCUT2D eigenvalue weighted by atomic mass is 16.5. The molecular weight excluding hydrogens is 304 g/mol. The van der Waals surface area contributed by atoms with Gasteiger partial charge in [0.1, 0.15) is 5.82 Å². The zero-order valence-electron chi connectivity index (χ0n) is 13.8. The minimum atomic E-state index is -0.135. The average Bonchev–Trinajstić information content (AvgIpc) is 3.09. The van der Waals surface area contributed by atoms with Crippen molar-refractivity contribution in [1.82, 2.24) is 15.0 Å². The van der Waals surface area contributed by atoms with Crippen LogP contribution in [0.5, 0.6) is 0 Å². The largest absolute Gasteiger partial charge is 0.380 e. The number of nitrogens with two attached hydrogens (primary N) is 1. The Morgan fingerprint density at radius 1 is 1.29 bits per heavy atom. The van der Waals surface area contributed by atoms with Crippen LogP contribution >= 0.6 is 0 Å². The van der Waals surface area contributed by atoms with Crippen LogP contribution in [0.1, 0.15) is 6.92 Å². The molecule has 5 N–H and O–H groups in total. The molecule has 2 heterocycles. The van der Waals surface area contributed by atoms with Gasteiger partial charge >= 0.3 is 0 Å². The summed E-state index contributed by atoms with van der Waals surface area (Å²) in [6, 6.07) is 9.77. The number of benzene rings is 1. The summed E-state index contributed by atoms with van der Waals surface area (Å²) in [4.78, 5) is 11.9. The van der Waals surface area contributed by atoms with Gasteiger partial charge < -0.3 is 26.1 Å². The molecule has 3 aromatic rings. The molecule has 1 aromatic carbocycles. The van der Waals surface area contributed by atoms with E-state index in [9.17, 15) is 0 Å². The van der Waals surface area contributed by atoms with Crippen molar-refractivity contribution in [3.8, 4) is 0 Å². The van der Waals surface area contributed by atoms with Crippen LogP contribution in [-0.4, -0.2) is 40.8 Å². The Labute approximate surface area is 140 Å². The third-order valence-corrected chi connectivity index (χ3v) is 3.98. The Hall–Kier alpha value is -2.64. The molecule has 0 amide bonds. The van der Waals surface area contributed by atoms with E-state index in [0.29, 0.717) is 12.5 Å². The molecule has 0 saturated heterocycles. The first-order chi connectivity index (χ1) is 11.7. The number of anilines is 3. The van der Waals surface area contributed by atoms with E-state index in [2.05, 4.69) is 25.6 Å². The van der Waals surface area contributed by atoms with Gasteiger partial charge in [-0.05, 0) is 31.2 Å². The Morgan fingerprint density at radius 2 is 2.17 bits per heavy atom. The lowest BCUT2D eigenvalue weighted by molar-refractivity contribution is 0.0989. The number of ether oxygens (including phenoxy) is 1. The molecule has 0 fully saturated rings. The maximum atomic E-state index is 6.03. The van der Waals surface area contributed by atoms with Crippen molar-refractivity contribution >= 4 is 28.4 Å². The second kappa shape index (κ2) is 7.29. The molecule has 0 bridgehead atoms. The van der Waals surface area contributed by atoms with Crippen LogP contribution in [0.4, 0.5) is 17.5 Å². The molecule has 0 saturated carbocycles. The number of hydrogen-bond donors (Lipinski definition) is 4. The van der Waals surface area contributed by atoms with Gasteiger partial charge in [0, 0.05) is 48.7 Å². The first kappa shape index (κ1) is 16.2. The first-order valence-electron chi connectivity index (χ1n) is 7.86. The molecule has 0 aliphatic carbocycles. The fourth-order valence-electron chi connectivity index (χ4n) is 2.40. The number of nitrogens with one attached hydrogen (secondary N) is 3. The van der Waals surface area contributed by atoms with Crippen LogP contribution in [0.2, 0.25) is 0 Å². The SMILES string of the molecule is CO[C@H](C)[C@H](N)CNc1nccc(Nc2cccc3[nH]ccc23)n1. The molecule has 2 atom stereocenters. The molecule has 24 heavy (non-hydrogen) atoms. The summed E-state index contributed by atoms with van der Waals surface area (Å²) >= 11 is 0. The van der Waals surface area contributed by atoms with Gasteiger partial charge in [-0.2, -0.15) is 4.98 Å². The van der Waals surface area contributed by atoms with Crippen molar-refractivity contribution < 1.29 is 4.74 Å². The molecule has 0 spiro atoms. The summed E-state index contributed by atoms with van der Waals surface area (Å²) in [5.74, 6) is 1.24. The second-order valence-corrected chi connectivity index (χ2v) is 5.62. The topological polar surface area (TPSA) is 101 Å². The normalized spacial score (nSPS) is 13.6. The van der Waals surface area contributed by atoms with E-state index in [1.807, 2.05) is 43.5 Å². The minimum absolute atomic E-state index is 0.0370. The van der Waals surface area contributed by atoms with Gasteiger partial charge in [-0.3, -0.25) is 0 Å². The molecule has 0 radical (unpaired) electrons. The smallest absolute Gasteiger partial charge is 0.224 e. The van der Waals surface area contributed by atoms with Gasteiger partial charge in [0.2, 0.25) is 5.95 Å². The summed E-state index contributed by atoms with van der Waals surface area (Å²) in [5.41, 5.74) is 8.09. The third-order valence-electron chi connectivity index (χ3n) is 3.98. The van der Waals surface area contributed by atoms with Crippen LogP contribution in [0.25, 0.3) is 10.9 Å². The lowest BCUT2D eigenvalue weighted by Gasteiger charge is -2.18. The van der Waals surface area contributed by atoms with Crippen LogP contribution in [0.3, 0.4) is 0 Å². The average molecular weight is 326 g/mol. The Kier molecular flexibility index (Phi) is 4.93. The molecule has 2 aromatic heterocycles. The highest BCUT2D eigenvalue weighted by Crippen LogP contribution is 2.25. The van der Waals surface area contributed by atoms with Crippen molar-refractivity contribution in [3.05, 3.63) is 42.7 Å². The van der Waals surface area contributed by atoms with Crippen molar-refractivity contribution in [3.63, 3.8) is 0 Å². The number of H-pyrrole nitrogens is 1. The first-order valence-corrected chi connectivity index (χ1v) is 7.86. The summed E-state index contributed by atoms with van der Waals surface area (Å²) in [5, 5.41) is 7.59. The molecule has 0 unspecified atom stereocenters. The zero-order valence-corrected chi connectivity index (χ0v) is 13.8. The predicted molar refractivity (Wildman–Crippen MR) is 96.5 cm³/mol. The van der Waals surface area contributed by atoms with E-state index in [1.54, 1.807) is 13.3 Å². The summed E-state index contributed by atoms with van der Waals surface area (Å²) in [6.45, 7) is 2.47. The number of aromatic nitrogens is 3. The predicted octanol–water partition coefficient (Wildman–Crippen LogP) is 2.48. The van der Waals surface area contributed by atoms with E-state index >= 15 is 0 Å². The van der Waals surface area contributed by atoms with Gasteiger partial charge in [-0.15, -0.1) is 0 Å². The Bertz CT molecular complexity index is 802. The number of hydrogen-bond acceptors (Lipinski definition) is 6. The summed E-state index contributed by atoms with van der Waals surface area (Å²) in [7, 11) is 1.65. The number of nitrogens with zero attached hydrogens (tertiary/aromatic N) is 2. The molecule has 7 nitrogen and oxygen atoms in total. The van der Waals surface area contributed by atoms with Crippen molar-refractivity contribution in [2.45, 2.75) is 19.1 Å². The lowest BCUT2D eigenvalue weighted by Crippen LogP contribution is -2.40. The second-order valence-electron chi connectivity index (χ2n) is 5.62.